The summed E-state index contributed by atoms with van der Waals surface area (Å²) in [5.74, 6) is 0.318. The Morgan fingerprint density at radius 2 is 1.80 bits per heavy atom. The van der Waals surface area contributed by atoms with Crippen molar-refractivity contribution in [3.8, 4) is 0 Å². The van der Waals surface area contributed by atoms with Gasteiger partial charge in [0.05, 0.1) is 6.54 Å². The standard InChI is InChI=1S/C15H21N3O2/c1-11(7-8-16)12-3-5-13(6-4-12)18-10-14(19)17(2)9-15(18)20/h3-6,11H,7-10,16H2,1-2H3. The highest BCUT2D eigenvalue weighted by molar-refractivity contribution is 6.04. The molecule has 0 aliphatic carbocycles. The highest BCUT2D eigenvalue weighted by atomic mass is 16.2. The van der Waals surface area contributed by atoms with Crippen LogP contribution in [0.15, 0.2) is 24.3 Å². The van der Waals surface area contributed by atoms with Gasteiger partial charge in [0.25, 0.3) is 0 Å². The van der Waals surface area contributed by atoms with E-state index in [9.17, 15) is 9.59 Å². The number of hydrogen-bond acceptors (Lipinski definition) is 3. The van der Waals surface area contributed by atoms with Gasteiger partial charge in [-0.15, -0.1) is 0 Å². The number of rotatable bonds is 4. The summed E-state index contributed by atoms with van der Waals surface area (Å²) in [6, 6.07) is 7.81. The van der Waals surface area contributed by atoms with Crippen LogP contribution in [0.5, 0.6) is 0 Å². The Morgan fingerprint density at radius 3 is 2.40 bits per heavy atom. The molecule has 1 heterocycles. The van der Waals surface area contributed by atoms with E-state index in [0.717, 1.165) is 12.1 Å². The van der Waals surface area contributed by atoms with Gasteiger partial charge >= 0.3 is 0 Å². The number of nitrogens with zero attached hydrogens (tertiary/aromatic N) is 2. The fourth-order valence-corrected chi connectivity index (χ4v) is 2.36. The summed E-state index contributed by atoms with van der Waals surface area (Å²) in [4.78, 5) is 26.7. The third-order valence-corrected chi connectivity index (χ3v) is 3.77. The lowest BCUT2D eigenvalue weighted by Crippen LogP contribution is -2.52. The lowest BCUT2D eigenvalue weighted by atomic mass is 9.97. The Labute approximate surface area is 119 Å². The molecule has 5 nitrogen and oxygen atoms in total. The van der Waals surface area contributed by atoms with Crippen LogP contribution < -0.4 is 10.6 Å². The molecule has 0 spiro atoms. The summed E-state index contributed by atoms with van der Waals surface area (Å²) in [5.41, 5.74) is 7.54. The number of anilines is 1. The van der Waals surface area contributed by atoms with Gasteiger partial charge in [-0.05, 0) is 36.6 Å². The Bertz CT molecular complexity index is 498. The molecule has 5 heteroatoms. The second kappa shape index (κ2) is 6.05. The Balaban J connectivity index is 2.13. The SMILES string of the molecule is CC(CCN)c1ccc(N2CC(=O)N(C)CC2=O)cc1. The monoisotopic (exact) mass is 275 g/mol. The number of hydrogen-bond donors (Lipinski definition) is 1. The summed E-state index contributed by atoms with van der Waals surface area (Å²) < 4.78 is 0. The second-order valence-electron chi connectivity index (χ2n) is 5.30. The van der Waals surface area contributed by atoms with Crippen molar-refractivity contribution in [2.24, 2.45) is 5.73 Å². The predicted molar refractivity (Wildman–Crippen MR) is 78.5 cm³/mol. The second-order valence-corrected chi connectivity index (χ2v) is 5.30. The van der Waals surface area contributed by atoms with Crippen LogP contribution in [0.4, 0.5) is 5.69 Å². The van der Waals surface area contributed by atoms with E-state index in [1.165, 1.54) is 10.5 Å². The molecule has 1 unspecified atom stereocenters. The maximum Gasteiger partial charge on any atom is 0.247 e. The largest absolute Gasteiger partial charge is 0.335 e. The fourth-order valence-electron chi connectivity index (χ4n) is 2.36. The highest BCUT2D eigenvalue weighted by Crippen LogP contribution is 2.23. The van der Waals surface area contributed by atoms with Gasteiger partial charge in [-0.3, -0.25) is 9.59 Å². The summed E-state index contributed by atoms with van der Waals surface area (Å²) >= 11 is 0. The van der Waals surface area contributed by atoms with E-state index in [1.54, 1.807) is 11.9 Å². The van der Waals surface area contributed by atoms with Gasteiger partial charge in [-0.2, -0.15) is 0 Å². The number of likely N-dealkylation sites (N-methyl/N-ethyl adjacent to an activating group) is 1. The van der Waals surface area contributed by atoms with Gasteiger partial charge in [0, 0.05) is 12.7 Å². The Kier molecular flexibility index (Phi) is 4.39. The van der Waals surface area contributed by atoms with Crippen LogP contribution in [-0.4, -0.2) is 43.4 Å². The molecule has 20 heavy (non-hydrogen) atoms. The van der Waals surface area contributed by atoms with E-state index in [0.29, 0.717) is 12.5 Å². The molecule has 1 aliphatic heterocycles. The molecule has 1 fully saturated rings. The van der Waals surface area contributed by atoms with E-state index in [4.69, 9.17) is 5.73 Å². The third-order valence-electron chi connectivity index (χ3n) is 3.77. The van der Waals surface area contributed by atoms with Crippen LogP contribution in [0.3, 0.4) is 0 Å². The number of benzene rings is 1. The van der Waals surface area contributed by atoms with Crippen LogP contribution in [0, 0.1) is 0 Å². The zero-order chi connectivity index (χ0) is 14.7. The highest BCUT2D eigenvalue weighted by Gasteiger charge is 2.28. The van der Waals surface area contributed by atoms with E-state index >= 15 is 0 Å². The van der Waals surface area contributed by atoms with Crippen molar-refractivity contribution in [1.29, 1.82) is 0 Å². The van der Waals surface area contributed by atoms with Gasteiger partial charge in [0.2, 0.25) is 11.8 Å². The molecular weight excluding hydrogens is 254 g/mol. The third kappa shape index (κ3) is 2.99. The summed E-state index contributed by atoms with van der Waals surface area (Å²) in [6.45, 7) is 3.05. The molecule has 2 rings (SSSR count). The lowest BCUT2D eigenvalue weighted by Gasteiger charge is -2.31. The van der Waals surface area contributed by atoms with E-state index in [1.807, 2.05) is 24.3 Å². The Hall–Kier alpha value is -1.88. The first kappa shape index (κ1) is 14.5. The molecule has 1 aromatic rings. The number of amides is 2. The molecule has 2 amide bonds. The van der Waals surface area contributed by atoms with Crippen molar-refractivity contribution in [2.75, 3.05) is 31.6 Å². The average Bonchev–Trinajstić information content (AvgIpc) is 2.43. The molecular formula is C15H21N3O2. The zero-order valence-electron chi connectivity index (χ0n) is 12.0. The summed E-state index contributed by atoms with van der Waals surface area (Å²) in [5, 5.41) is 0. The molecule has 1 aliphatic rings. The topological polar surface area (TPSA) is 66.6 Å². The molecule has 0 bridgehead atoms. The first-order chi connectivity index (χ1) is 9.52. The summed E-state index contributed by atoms with van der Waals surface area (Å²) in [7, 11) is 1.65. The van der Waals surface area contributed by atoms with E-state index in [2.05, 4.69) is 6.92 Å². The lowest BCUT2D eigenvalue weighted by molar-refractivity contribution is -0.136. The molecule has 1 atom stereocenters. The van der Waals surface area contributed by atoms with Crippen LogP contribution in [0.25, 0.3) is 0 Å². The predicted octanol–water partition coefficient (Wildman–Crippen LogP) is 0.944. The minimum Gasteiger partial charge on any atom is -0.335 e. The van der Waals surface area contributed by atoms with Crippen molar-refractivity contribution >= 4 is 17.5 Å². The van der Waals surface area contributed by atoms with Crippen LogP contribution in [0.2, 0.25) is 0 Å². The number of piperazine rings is 1. The molecule has 0 saturated carbocycles. The first-order valence-corrected chi connectivity index (χ1v) is 6.87. The van der Waals surface area contributed by atoms with Gasteiger partial charge in [0.1, 0.15) is 6.54 Å². The van der Waals surface area contributed by atoms with Crippen molar-refractivity contribution in [1.82, 2.24) is 4.90 Å². The number of nitrogens with two attached hydrogens (primary N) is 1. The molecule has 1 aromatic carbocycles. The van der Waals surface area contributed by atoms with Gasteiger partial charge in [0.15, 0.2) is 0 Å². The molecule has 108 valence electrons. The number of carbonyl (C=O) groups is 2. The summed E-state index contributed by atoms with van der Waals surface area (Å²) in [6.07, 6.45) is 0.936. The van der Waals surface area contributed by atoms with Gasteiger partial charge in [-0.1, -0.05) is 19.1 Å². The van der Waals surface area contributed by atoms with Crippen molar-refractivity contribution < 1.29 is 9.59 Å². The molecule has 0 radical (unpaired) electrons. The van der Waals surface area contributed by atoms with Gasteiger partial charge < -0.3 is 15.5 Å². The molecule has 1 saturated heterocycles. The van der Waals surface area contributed by atoms with Crippen LogP contribution >= 0.6 is 0 Å². The van der Waals surface area contributed by atoms with Crippen molar-refractivity contribution in [3.63, 3.8) is 0 Å². The zero-order valence-corrected chi connectivity index (χ0v) is 12.0. The molecule has 0 aromatic heterocycles. The van der Waals surface area contributed by atoms with Crippen LogP contribution in [-0.2, 0) is 9.59 Å². The average molecular weight is 275 g/mol. The Morgan fingerprint density at radius 1 is 1.15 bits per heavy atom. The van der Waals surface area contributed by atoms with Crippen LogP contribution in [0.1, 0.15) is 24.8 Å². The minimum absolute atomic E-state index is 0.0369. The minimum atomic E-state index is -0.0464. The van der Waals surface area contributed by atoms with E-state index < -0.39 is 0 Å². The quantitative estimate of drug-likeness (QED) is 0.889. The normalized spacial score (nSPS) is 17.6. The van der Waals surface area contributed by atoms with E-state index in [-0.39, 0.29) is 24.9 Å². The maximum atomic E-state index is 12.0. The fraction of sp³-hybridized carbons (Fsp3) is 0.467. The van der Waals surface area contributed by atoms with Crippen molar-refractivity contribution in [2.45, 2.75) is 19.3 Å². The maximum absolute atomic E-state index is 12.0. The number of carbonyl (C=O) groups excluding carboxylic acids is 2. The first-order valence-electron chi connectivity index (χ1n) is 6.87. The molecule has 2 N–H and O–H groups in total. The smallest absolute Gasteiger partial charge is 0.247 e. The van der Waals surface area contributed by atoms with Gasteiger partial charge in [-0.25, -0.2) is 0 Å². The van der Waals surface area contributed by atoms with Crippen molar-refractivity contribution in [3.05, 3.63) is 29.8 Å².